The van der Waals surface area contributed by atoms with Crippen molar-refractivity contribution in [2.24, 2.45) is 5.92 Å². The molecule has 1 saturated carbocycles. The molecule has 0 bridgehead atoms. The van der Waals surface area contributed by atoms with Crippen molar-refractivity contribution in [1.29, 1.82) is 0 Å². The van der Waals surface area contributed by atoms with Gasteiger partial charge in [-0.1, -0.05) is 0 Å². The van der Waals surface area contributed by atoms with Crippen LogP contribution in [0.25, 0.3) is 0 Å². The summed E-state index contributed by atoms with van der Waals surface area (Å²) in [6, 6.07) is 4.82. The minimum atomic E-state index is -0.581. The van der Waals surface area contributed by atoms with Crippen LogP contribution in [0.2, 0.25) is 0 Å². The van der Waals surface area contributed by atoms with Gasteiger partial charge in [-0.15, -0.1) is 0 Å². The fourth-order valence-electron chi connectivity index (χ4n) is 1.73. The summed E-state index contributed by atoms with van der Waals surface area (Å²) in [6.45, 7) is 6.02. The van der Waals surface area contributed by atoms with Gasteiger partial charge in [0.15, 0.2) is 0 Å². The van der Waals surface area contributed by atoms with Gasteiger partial charge in [-0.3, -0.25) is 4.79 Å². The number of ether oxygens (including phenoxy) is 2. The largest absolute Gasteiger partial charge is 0.492 e. The summed E-state index contributed by atoms with van der Waals surface area (Å²) in [4.78, 5) is 23.1. The molecule has 1 fully saturated rings. The lowest BCUT2D eigenvalue weighted by Gasteiger charge is -2.20. The van der Waals surface area contributed by atoms with Crippen molar-refractivity contribution in [3.05, 3.63) is 29.3 Å². The first-order chi connectivity index (χ1) is 9.39. The zero-order valence-electron chi connectivity index (χ0n) is 12.1. The van der Waals surface area contributed by atoms with Crippen LogP contribution in [0.15, 0.2) is 18.2 Å². The third-order valence-corrected chi connectivity index (χ3v) is 2.93. The van der Waals surface area contributed by atoms with Gasteiger partial charge < -0.3 is 9.47 Å². The molecule has 20 heavy (non-hydrogen) atoms. The molecule has 1 aromatic carbocycles. The standard InChI is InChI=1S/C16H20O4/c1-16(2,3)20-15(18)13-8-12(9-17)6-7-14(13)19-10-11-4-5-11/h6-9,11H,4-5,10H2,1-3H3. The monoisotopic (exact) mass is 276 g/mol. The zero-order valence-corrected chi connectivity index (χ0v) is 12.1. The molecule has 0 N–H and O–H groups in total. The molecule has 0 heterocycles. The van der Waals surface area contributed by atoms with Crippen LogP contribution in [0.1, 0.15) is 54.3 Å². The van der Waals surface area contributed by atoms with Crippen LogP contribution in [-0.2, 0) is 4.74 Å². The average Bonchev–Trinajstić information content (AvgIpc) is 3.18. The van der Waals surface area contributed by atoms with Gasteiger partial charge in [0.2, 0.25) is 0 Å². The summed E-state index contributed by atoms with van der Waals surface area (Å²) in [5, 5.41) is 0. The highest BCUT2D eigenvalue weighted by atomic mass is 16.6. The van der Waals surface area contributed by atoms with E-state index in [1.807, 2.05) is 0 Å². The number of benzene rings is 1. The Morgan fingerprint density at radius 3 is 2.60 bits per heavy atom. The number of carbonyl (C=O) groups is 2. The molecule has 4 heteroatoms. The van der Waals surface area contributed by atoms with Gasteiger partial charge >= 0.3 is 5.97 Å². The maximum atomic E-state index is 12.2. The van der Waals surface area contributed by atoms with Crippen molar-refractivity contribution in [1.82, 2.24) is 0 Å². The summed E-state index contributed by atoms with van der Waals surface area (Å²) in [6.07, 6.45) is 3.06. The molecule has 1 aliphatic carbocycles. The molecule has 0 radical (unpaired) electrons. The first-order valence-corrected chi connectivity index (χ1v) is 6.84. The van der Waals surface area contributed by atoms with Gasteiger partial charge in [0.1, 0.15) is 23.2 Å². The number of esters is 1. The molecule has 0 amide bonds. The van der Waals surface area contributed by atoms with Crippen LogP contribution < -0.4 is 4.74 Å². The summed E-state index contributed by atoms with van der Waals surface area (Å²) in [5.41, 5.74) is 0.164. The van der Waals surface area contributed by atoms with Gasteiger partial charge in [-0.2, -0.15) is 0 Å². The van der Waals surface area contributed by atoms with E-state index in [0.717, 1.165) is 0 Å². The highest BCUT2D eigenvalue weighted by Gasteiger charge is 2.25. The maximum Gasteiger partial charge on any atom is 0.342 e. The fraction of sp³-hybridized carbons (Fsp3) is 0.500. The molecule has 2 rings (SSSR count). The van der Waals surface area contributed by atoms with Crippen LogP contribution in [0.4, 0.5) is 0 Å². The normalized spacial score (nSPS) is 14.8. The van der Waals surface area contributed by atoms with E-state index in [-0.39, 0.29) is 0 Å². The Labute approximate surface area is 119 Å². The van der Waals surface area contributed by atoms with E-state index < -0.39 is 11.6 Å². The third-order valence-electron chi connectivity index (χ3n) is 2.93. The van der Waals surface area contributed by atoms with Gasteiger partial charge in [0.25, 0.3) is 0 Å². The summed E-state index contributed by atoms with van der Waals surface area (Å²) < 4.78 is 11.0. The Bertz CT molecular complexity index is 510. The Balaban J connectivity index is 2.20. The van der Waals surface area contributed by atoms with Crippen LogP contribution in [0.3, 0.4) is 0 Å². The first kappa shape index (κ1) is 14.6. The lowest BCUT2D eigenvalue weighted by Crippen LogP contribution is -2.24. The first-order valence-electron chi connectivity index (χ1n) is 6.84. The van der Waals surface area contributed by atoms with Crippen molar-refractivity contribution in [3.8, 4) is 5.75 Å². The molecule has 1 aromatic rings. The van der Waals surface area contributed by atoms with E-state index in [4.69, 9.17) is 9.47 Å². The molecule has 108 valence electrons. The third kappa shape index (κ3) is 4.08. The van der Waals surface area contributed by atoms with Crippen LogP contribution in [0, 0.1) is 5.92 Å². The Hall–Kier alpha value is -1.84. The van der Waals surface area contributed by atoms with E-state index in [0.29, 0.717) is 35.7 Å². The predicted octanol–water partition coefficient (Wildman–Crippen LogP) is 3.24. The van der Waals surface area contributed by atoms with E-state index in [1.54, 1.807) is 32.9 Å². The fourth-order valence-corrected chi connectivity index (χ4v) is 1.73. The maximum absolute atomic E-state index is 12.2. The van der Waals surface area contributed by atoms with Crippen molar-refractivity contribution < 1.29 is 19.1 Å². The van der Waals surface area contributed by atoms with E-state index in [2.05, 4.69) is 0 Å². The van der Waals surface area contributed by atoms with E-state index >= 15 is 0 Å². The Kier molecular flexibility index (Phi) is 4.12. The molecule has 0 spiro atoms. The molecule has 0 aromatic heterocycles. The SMILES string of the molecule is CC(C)(C)OC(=O)c1cc(C=O)ccc1OCC1CC1. The van der Waals surface area contributed by atoms with Gasteiger partial charge in [0.05, 0.1) is 6.61 Å². The van der Waals surface area contributed by atoms with Crippen molar-refractivity contribution in [3.63, 3.8) is 0 Å². The van der Waals surface area contributed by atoms with Crippen molar-refractivity contribution in [2.75, 3.05) is 6.61 Å². The molecular formula is C16H20O4. The number of rotatable bonds is 5. The minimum Gasteiger partial charge on any atom is -0.492 e. The quantitative estimate of drug-likeness (QED) is 0.612. The topological polar surface area (TPSA) is 52.6 Å². The van der Waals surface area contributed by atoms with Crippen molar-refractivity contribution >= 4 is 12.3 Å². The molecule has 4 nitrogen and oxygen atoms in total. The van der Waals surface area contributed by atoms with Crippen LogP contribution in [-0.4, -0.2) is 24.5 Å². The molecule has 0 unspecified atom stereocenters. The summed E-state index contributed by atoms with van der Waals surface area (Å²) in [7, 11) is 0. The summed E-state index contributed by atoms with van der Waals surface area (Å²) in [5.74, 6) is 0.607. The molecule has 0 atom stereocenters. The number of hydrogen-bond donors (Lipinski definition) is 0. The number of hydrogen-bond acceptors (Lipinski definition) is 4. The second-order valence-corrected chi connectivity index (χ2v) is 6.13. The van der Waals surface area contributed by atoms with Crippen LogP contribution >= 0.6 is 0 Å². The number of aldehydes is 1. The zero-order chi connectivity index (χ0) is 14.8. The molecular weight excluding hydrogens is 256 g/mol. The van der Waals surface area contributed by atoms with E-state index in [9.17, 15) is 9.59 Å². The highest BCUT2D eigenvalue weighted by molar-refractivity contribution is 5.94. The lowest BCUT2D eigenvalue weighted by molar-refractivity contribution is 0.00656. The lowest BCUT2D eigenvalue weighted by atomic mass is 10.1. The summed E-state index contributed by atoms with van der Waals surface area (Å²) >= 11 is 0. The van der Waals surface area contributed by atoms with Gasteiger partial charge in [-0.05, 0) is 57.7 Å². The van der Waals surface area contributed by atoms with Crippen LogP contribution in [0.5, 0.6) is 5.75 Å². The highest BCUT2D eigenvalue weighted by Crippen LogP contribution is 2.31. The molecule has 0 aliphatic heterocycles. The second kappa shape index (κ2) is 5.65. The predicted molar refractivity (Wildman–Crippen MR) is 75.2 cm³/mol. The second-order valence-electron chi connectivity index (χ2n) is 6.13. The Morgan fingerprint density at radius 1 is 1.35 bits per heavy atom. The van der Waals surface area contributed by atoms with E-state index in [1.165, 1.54) is 18.9 Å². The minimum absolute atomic E-state index is 0.310. The molecule has 1 aliphatic rings. The number of carbonyl (C=O) groups excluding carboxylic acids is 2. The molecule has 0 saturated heterocycles. The van der Waals surface area contributed by atoms with Crippen molar-refractivity contribution in [2.45, 2.75) is 39.2 Å². The van der Waals surface area contributed by atoms with Gasteiger partial charge in [0, 0.05) is 5.56 Å². The average molecular weight is 276 g/mol. The smallest absolute Gasteiger partial charge is 0.342 e. The Morgan fingerprint density at radius 2 is 2.05 bits per heavy atom. The van der Waals surface area contributed by atoms with Gasteiger partial charge in [-0.25, -0.2) is 4.79 Å².